The number of nitrogens with zero attached hydrogens (tertiary/aromatic N) is 2. The van der Waals surface area contributed by atoms with E-state index < -0.39 is 65.3 Å². The number of methoxy groups -OCH3 is 2. The number of benzene rings is 3. The standard InChI is InChI=1S/C54H66N6O13/c1-6-54(2,3)49(66)53(70)59-28-10-7-16-38(59)40(61)31-35(20-18-33-19-22-41(71-4)43(29-33)72-5)34-13-11-14-36(30-34)57-45(63)25-24-44(62)55-26-8-9-27-56-47(65)32-73-42-17-12-15-37-48(42)52(69)60(51(37)68)39-21-23-46(64)58-50(39)67/h11-15,17,19,22,29-30,35,38-39H,6-10,16,18,20-21,23-28,31-32H2,1-5H3,(H,55,62)(H,56,65)(H,57,63)(H,58,64,67)/t35-,38-,39?/m0/s1. The number of ether oxygens (including phenoxy) is 3. The number of nitrogens with one attached hydrogen (secondary N) is 4. The van der Waals surface area contributed by atoms with Crippen molar-refractivity contribution in [1.29, 1.82) is 0 Å². The van der Waals surface area contributed by atoms with Gasteiger partial charge in [0.15, 0.2) is 23.9 Å². The molecular formula is C54H66N6O13. The van der Waals surface area contributed by atoms with E-state index in [-0.39, 0.29) is 79.0 Å². The summed E-state index contributed by atoms with van der Waals surface area (Å²) in [7, 11) is 3.12. The Balaban J connectivity index is 0.958. The molecule has 6 rings (SSSR count). The van der Waals surface area contributed by atoms with E-state index in [4.69, 9.17) is 14.2 Å². The number of aryl methyl sites for hydroxylation is 1. The predicted octanol–water partition coefficient (Wildman–Crippen LogP) is 4.98. The van der Waals surface area contributed by atoms with Gasteiger partial charge in [0.05, 0.1) is 31.4 Å². The van der Waals surface area contributed by atoms with E-state index in [1.807, 2.05) is 37.3 Å². The number of amides is 8. The summed E-state index contributed by atoms with van der Waals surface area (Å²) in [6.07, 6.45) is 4.49. The number of carbonyl (C=O) groups excluding carboxylic acids is 10. The van der Waals surface area contributed by atoms with E-state index in [9.17, 15) is 47.9 Å². The minimum atomic E-state index is -1.14. The molecule has 0 saturated carbocycles. The van der Waals surface area contributed by atoms with Crippen molar-refractivity contribution in [3.8, 4) is 17.2 Å². The van der Waals surface area contributed by atoms with Gasteiger partial charge in [-0.05, 0) is 111 Å². The van der Waals surface area contributed by atoms with Crippen LogP contribution in [0.15, 0.2) is 60.7 Å². The highest BCUT2D eigenvalue weighted by atomic mass is 16.5. The van der Waals surface area contributed by atoms with Gasteiger partial charge in [0.2, 0.25) is 29.4 Å². The number of Topliss-reactive ketones (excluding diaryl/α,β-unsaturated/α-hetero) is 2. The number of carbonyl (C=O) groups is 10. The third-order valence-corrected chi connectivity index (χ3v) is 13.8. The highest BCUT2D eigenvalue weighted by molar-refractivity contribution is 6.38. The molecule has 3 atom stereocenters. The Kier molecular flexibility index (Phi) is 19.0. The number of piperidine rings is 2. The van der Waals surface area contributed by atoms with Gasteiger partial charge in [-0.2, -0.15) is 0 Å². The summed E-state index contributed by atoms with van der Waals surface area (Å²) >= 11 is 0. The van der Waals surface area contributed by atoms with Crippen molar-refractivity contribution in [1.82, 2.24) is 25.8 Å². The first-order valence-corrected chi connectivity index (χ1v) is 25.0. The molecule has 3 aromatic rings. The van der Waals surface area contributed by atoms with Gasteiger partial charge in [-0.3, -0.25) is 58.2 Å². The first-order valence-electron chi connectivity index (χ1n) is 25.0. The minimum absolute atomic E-state index is 0.00360. The van der Waals surface area contributed by atoms with Crippen molar-refractivity contribution < 1.29 is 62.2 Å². The Morgan fingerprint density at radius 1 is 0.795 bits per heavy atom. The molecule has 3 heterocycles. The van der Waals surface area contributed by atoms with Crippen molar-refractivity contribution in [2.45, 2.75) is 122 Å². The topological polar surface area (TPSA) is 253 Å². The molecule has 390 valence electrons. The molecule has 19 heteroatoms. The summed E-state index contributed by atoms with van der Waals surface area (Å²) in [5.41, 5.74) is 1.38. The second-order valence-corrected chi connectivity index (χ2v) is 19.2. The Hall–Kier alpha value is -7.44. The summed E-state index contributed by atoms with van der Waals surface area (Å²) in [4.78, 5) is 132. The van der Waals surface area contributed by atoms with Gasteiger partial charge in [-0.15, -0.1) is 0 Å². The molecule has 19 nitrogen and oxygen atoms in total. The number of fused-ring (bicyclic) bond motifs is 1. The summed E-state index contributed by atoms with van der Waals surface area (Å²) in [5, 5.41) is 10.5. The normalized spacial score (nSPS) is 17.0. The van der Waals surface area contributed by atoms with Gasteiger partial charge >= 0.3 is 0 Å². The molecule has 73 heavy (non-hydrogen) atoms. The summed E-state index contributed by atoms with van der Waals surface area (Å²) in [5.74, 6) is -4.24. The van der Waals surface area contributed by atoms with Crippen molar-refractivity contribution in [3.63, 3.8) is 0 Å². The highest BCUT2D eigenvalue weighted by Gasteiger charge is 2.46. The maximum atomic E-state index is 14.3. The Bertz CT molecular complexity index is 2610. The zero-order valence-electron chi connectivity index (χ0n) is 42.2. The van der Waals surface area contributed by atoms with E-state index in [0.29, 0.717) is 75.2 Å². The van der Waals surface area contributed by atoms with Crippen molar-refractivity contribution >= 4 is 64.5 Å². The second kappa shape index (κ2) is 25.3. The third kappa shape index (κ3) is 14.0. The number of anilines is 1. The number of ketones is 2. The molecule has 0 aliphatic carbocycles. The molecule has 1 unspecified atom stereocenters. The van der Waals surface area contributed by atoms with Crippen LogP contribution in [0.2, 0.25) is 0 Å². The monoisotopic (exact) mass is 1010 g/mol. The van der Waals surface area contributed by atoms with Crippen LogP contribution in [-0.4, -0.2) is 121 Å². The molecule has 2 fully saturated rings. The fraction of sp³-hybridized carbons (Fsp3) is 0.481. The maximum Gasteiger partial charge on any atom is 0.291 e. The van der Waals surface area contributed by atoms with E-state index in [2.05, 4.69) is 21.3 Å². The number of rotatable bonds is 25. The number of hydrogen-bond acceptors (Lipinski definition) is 13. The molecule has 0 aromatic heterocycles. The van der Waals surface area contributed by atoms with Gasteiger partial charge in [-0.1, -0.05) is 45.0 Å². The lowest BCUT2D eigenvalue weighted by Crippen LogP contribution is -2.54. The smallest absolute Gasteiger partial charge is 0.291 e. The summed E-state index contributed by atoms with van der Waals surface area (Å²) in [6.45, 7) is 5.79. The van der Waals surface area contributed by atoms with E-state index in [1.54, 1.807) is 40.2 Å². The average molecular weight is 1010 g/mol. The summed E-state index contributed by atoms with van der Waals surface area (Å²) in [6, 6.07) is 15.4. The van der Waals surface area contributed by atoms with Gasteiger partial charge in [-0.25, -0.2) is 0 Å². The lowest BCUT2D eigenvalue weighted by Gasteiger charge is -2.36. The molecule has 3 aromatic carbocycles. The van der Waals surface area contributed by atoms with Crippen LogP contribution in [0.1, 0.15) is 136 Å². The molecule has 0 bridgehead atoms. The van der Waals surface area contributed by atoms with Gasteiger partial charge < -0.3 is 35.1 Å². The van der Waals surface area contributed by atoms with Gasteiger partial charge in [0.1, 0.15) is 11.8 Å². The largest absolute Gasteiger partial charge is 0.493 e. The number of imide groups is 2. The van der Waals surface area contributed by atoms with Crippen LogP contribution in [0.25, 0.3) is 0 Å². The van der Waals surface area contributed by atoms with E-state index in [1.165, 1.54) is 23.1 Å². The van der Waals surface area contributed by atoms with Crippen LogP contribution in [0.5, 0.6) is 17.2 Å². The first-order chi connectivity index (χ1) is 35.0. The third-order valence-electron chi connectivity index (χ3n) is 13.8. The molecule has 8 amide bonds. The van der Waals surface area contributed by atoms with Crippen LogP contribution in [0, 0.1) is 5.41 Å². The molecule has 4 N–H and O–H groups in total. The molecule has 2 saturated heterocycles. The van der Waals surface area contributed by atoms with Crippen LogP contribution < -0.4 is 35.5 Å². The maximum absolute atomic E-state index is 14.3. The van der Waals surface area contributed by atoms with Gasteiger partial charge in [0.25, 0.3) is 23.6 Å². The Morgan fingerprint density at radius 2 is 1.51 bits per heavy atom. The predicted molar refractivity (Wildman–Crippen MR) is 267 cm³/mol. The van der Waals surface area contributed by atoms with Crippen molar-refractivity contribution in [2.24, 2.45) is 5.41 Å². The minimum Gasteiger partial charge on any atom is -0.493 e. The lowest BCUT2D eigenvalue weighted by molar-refractivity contribution is -0.153. The van der Waals surface area contributed by atoms with Crippen LogP contribution in [0.3, 0.4) is 0 Å². The fourth-order valence-electron chi connectivity index (χ4n) is 9.15. The van der Waals surface area contributed by atoms with Crippen molar-refractivity contribution in [3.05, 3.63) is 82.9 Å². The van der Waals surface area contributed by atoms with Crippen LogP contribution in [-0.2, 0) is 44.8 Å². The quantitative estimate of drug-likeness (QED) is 0.0497. The fourth-order valence-corrected chi connectivity index (χ4v) is 9.15. The Labute approximate surface area is 424 Å². The van der Waals surface area contributed by atoms with Crippen LogP contribution >= 0.6 is 0 Å². The second-order valence-electron chi connectivity index (χ2n) is 19.2. The average Bonchev–Trinajstić information content (AvgIpc) is 3.64. The Morgan fingerprint density at radius 3 is 2.22 bits per heavy atom. The van der Waals surface area contributed by atoms with Gasteiger partial charge in [0, 0.05) is 56.4 Å². The van der Waals surface area contributed by atoms with Crippen LogP contribution in [0.4, 0.5) is 5.69 Å². The molecule has 3 aliphatic rings. The molecule has 0 radical (unpaired) electrons. The molecule has 3 aliphatic heterocycles. The first kappa shape index (κ1) is 54.9. The SMILES string of the molecule is CCC(C)(C)C(=O)C(=O)N1CCCC[C@H]1C(=O)C[C@H](CCc1ccc(OC)c(OC)c1)c1cccc(NC(=O)CCC(=O)NCCCCNC(=O)COc2cccc3c2C(=O)N(C2CCC(=O)NC2=O)C3=O)c1. The van der Waals surface area contributed by atoms with Crippen molar-refractivity contribution in [2.75, 3.05) is 45.8 Å². The zero-order valence-corrected chi connectivity index (χ0v) is 42.2. The van der Waals surface area contributed by atoms with E-state index in [0.717, 1.165) is 22.4 Å². The zero-order chi connectivity index (χ0) is 52.8. The lowest BCUT2D eigenvalue weighted by atomic mass is 9.82. The van der Waals surface area contributed by atoms with E-state index >= 15 is 0 Å². The number of unbranched alkanes of at least 4 members (excludes halogenated alkanes) is 1. The molecular weight excluding hydrogens is 941 g/mol. The molecule has 0 spiro atoms. The number of likely N-dealkylation sites (tertiary alicyclic amines) is 1. The summed E-state index contributed by atoms with van der Waals surface area (Å²) < 4.78 is 16.6. The highest BCUT2D eigenvalue weighted by Crippen LogP contribution is 2.35. The number of hydrogen-bond donors (Lipinski definition) is 4.